The standard InChI is InChI=1S/C13H10IN3O/c14-12-6-2-1-4-10(12)9-16-17-13(18)11-5-3-7-15-8-11/h1-9H,(H,17,18). The molecule has 2 rings (SSSR count). The molecule has 0 saturated carbocycles. The van der Waals surface area contributed by atoms with Crippen LogP contribution < -0.4 is 5.43 Å². The first-order valence-corrected chi connectivity index (χ1v) is 6.33. The Balaban J connectivity index is 2.00. The summed E-state index contributed by atoms with van der Waals surface area (Å²) in [6.45, 7) is 0. The first kappa shape index (κ1) is 12.7. The van der Waals surface area contributed by atoms with Gasteiger partial charge in [0.15, 0.2) is 0 Å². The van der Waals surface area contributed by atoms with Crippen LogP contribution in [-0.2, 0) is 0 Å². The Bertz CT molecular complexity index is 569. The number of hydrogen-bond donors (Lipinski definition) is 1. The molecule has 0 aliphatic heterocycles. The van der Waals surface area contributed by atoms with Gasteiger partial charge in [-0.25, -0.2) is 5.43 Å². The van der Waals surface area contributed by atoms with Crippen LogP contribution >= 0.6 is 22.6 Å². The van der Waals surface area contributed by atoms with Crippen LogP contribution in [0.4, 0.5) is 0 Å². The maximum Gasteiger partial charge on any atom is 0.272 e. The van der Waals surface area contributed by atoms with Crippen LogP contribution in [-0.4, -0.2) is 17.1 Å². The normalized spacial score (nSPS) is 10.5. The first-order chi connectivity index (χ1) is 8.77. The van der Waals surface area contributed by atoms with Crippen molar-refractivity contribution >= 4 is 34.7 Å². The largest absolute Gasteiger partial charge is 0.272 e. The van der Waals surface area contributed by atoms with E-state index in [1.165, 1.54) is 6.20 Å². The maximum atomic E-state index is 11.7. The Kier molecular flexibility index (Phi) is 4.40. The van der Waals surface area contributed by atoms with E-state index in [2.05, 4.69) is 38.1 Å². The summed E-state index contributed by atoms with van der Waals surface area (Å²) in [7, 11) is 0. The summed E-state index contributed by atoms with van der Waals surface area (Å²) >= 11 is 2.22. The topological polar surface area (TPSA) is 54.4 Å². The number of halogens is 1. The minimum absolute atomic E-state index is 0.273. The van der Waals surface area contributed by atoms with Gasteiger partial charge in [-0.3, -0.25) is 9.78 Å². The fraction of sp³-hybridized carbons (Fsp3) is 0. The van der Waals surface area contributed by atoms with Gasteiger partial charge < -0.3 is 0 Å². The van der Waals surface area contributed by atoms with Gasteiger partial charge in [-0.2, -0.15) is 5.10 Å². The number of hydrogen-bond acceptors (Lipinski definition) is 3. The highest BCUT2D eigenvalue weighted by Gasteiger charge is 2.02. The average Bonchev–Trinajstić information content (AvgIpc) is 2.42. The number of rotatable bonds is 3. The van der Waals surface area contributed by atoms with Crippen molar-refractivity contribution in [2.75, 3.05) is 0 Å². The van der Waals surface area contributed by atoms with Crippen molar-refractivity contribution in [2.45, 2.75) is 0 Å². The van der Waals surface area contributed by atoms with Crippen molar-refractivity contribution < 1.29 is 4.79 Å². The Morgan fingerprint density at radius 1 is 1.28 bits per heavy atom. The lowest BCUT2D eigenvalue weighted by Crippen LogP contribution is -2.17. The number of hydrazone groups is 1. The van der Waals surface area contributed by atoms with Gasteiger partial charge in [0.05, 0.1) is 11.8 Å². The van der Waals surface area contributed by atoms with Crippen molar-refractivity contribution in [1.82, 2.24) is 10.4 Å². The van der Waals surface area contributed by atoms with Crippen LogP contribution in [0.5, 0.6) is 0 Å². The molecule has 0 saturated heterocycles. The molecule has 0 aliphatic carbocycles. The van der Waals surface area contributed by atoms with Crippen LogP contribution in [0, 0.1) is 3.57 Å². The van der Waals surface area contributed by atoms with E-state index < -0.39 is 0 Å². The van der Waals surface area contributed by atoms with Crippen molar-refractivity contribution in [3.05, 3.63) is 63.5 Å². The fourth-order valence-electron chi connectivity index (χ4n) is 1.30. The lowest BCUT2D eigenvalue weighted by atomic mass is 10.2. The Labute approximate surface area is 118 Å². The zero-order valence-corrected chi connectivity index (χ0v) is 11.5. The number of pyridine rings is 1. The molecule has 1 N–H and O–H groups in total. The Hall–Kier alpha value is -1.76. The van der Waals surface area contributed by atoms with E-state index in [0.717, 1.165) is 9.13 Å². The van der Waals surface area contributed by atoms with Crippen LogP contribution in [0.3, 0.4) is 0 Å². The van der Waals surface area contributed by atoms with Crippen molar-refractivity contribution in [3.63, 3.8) is 0 Å². The van der Waals surface area contributed by atoms with Crippen LogP contribution in [0.2, 0.25) is 0 Å². The van der Waals surface area contributed by atoms with Crippen LogP contribution in [0.15, 0.2) is 53.9 Å². The molecule has 1 amide bonds. The molecule has 5 heteroatoms. The lowest BCUT2D eigenvalue weighted by molar-refractivity contribution is 0.0955. The quantitative estimate of drug-likeness (QED) is 0.525. The summed E-state index contributed by atoms with van der Waals surface area (Å²) < 4.78 is 1.08. The zero-order chi connectivity index (χ0) is 12.8. The number of aromatic nitrogens is 1. The highest BCUT2D eigenvalue weighted by Crippen LogP contribution is 2.08. The van der Waals surface area contributed by atoms with Gasteiger partial charge in [0, 0.05) is 21.5 Å². The third kappa shape index (κ3) is 3.36. The molecule has 0 fully saturated rings. The molecule has 90 valence electrons. The summed E-state index contributed by atoms with van der Waals surface area (Å²) in [4.78, 5) is 15.5. The molecule has 2 aromatic rings. The predicted octanol–water partition coefficient (Wildman–Crippen LogP) is 2.45. The summed E-state index contributed by atoms with van der Waals surface area (Å²) in [5, 5.41) is 3.92. The first-order valence-electron chi connectivity index (χ1n) is 5.25. The van der Waals surface area contributed by atoms with Gasteiger partial charge in [0.25, 0.3) is 5.91 Å². The summed E-state index contributed by atoms with van der Waals surface area (Å²) in [5.41, 5.74) is 3.91. The Morgan fingerprint density at radius 2 is 2.11 bits per heavy atom. The highest BCUT2D eigenvalue weighted by atomic mass is 127. The van der Waals surface area contributed by atoms with E-state index in [4.69, 9.17) is 0 Å². The molecule has 1 aromatic carbocycles. The molecule has 0 atom stereocenters. The Morgan fingerprint density at radius 3 is 2.83 bits per heavy atom. The second-order valence-electron chi connectivity index (χ2n) is 3.46. The summed E-state index contributed by atoms with van der Waals surface area (Å²) in [5.74, 6) is -0.273. The van der Waals surface area contributed by atoms with E-state index in [9.17, 15) is 4.79 Å². The molecule has 18 heavy (non-hydrogen) atoms. The number of carbonyl (C=O) groups is 1. The van der Waals surface area contributed by atoms with Gasteiger partial charge >= 0.3 is 0 Å². The average molecular weight is 351 g/mol. The maximum absolute atomic E-state index is 11.7. The van der Waals surface area contributed by atoms with E-state index in [1.807, 2.05) is 24.3 Å². The number of nitrogens with zero attached hydrogens (tertiary/aromatic N) is 2. The van der Waals surface area contributed by atoms with Gasteiger partial charge in [-0.1, -0.05) is 18.2 Å². The number of benzene rings is 1. The van der Waals surface area contributed by atoms with E-state index in [-0.39, 0.29) is 5.91 Å². The van der Waals surface area contributed by atoms with Gasteiger partial charge in [-0.15, -0.1) is 0 Å². The van der Waals surface area contributed by atoms with Crippen molar-refractivity contribution in [1.29, 1.82) is 0 Å². The number of carbonyl (C=O) groups excluding carboxylic acids is 1. The third-order valence-electron chi connectivity index (χ3n) is 2.20. The molecule has 0 aliphatic rings. The smallest absolute Gasteiger partial charge is 0.267 e. The third-order valence-corrected chi connectivity index (χ3v) is 3.18. The van der Waals surface area contributed by atoms with Crippen molar-refractivity contribution in [3.8, 4) is 0 Å². The molecular weight excluding hydrogens is 341 g/mol. The molecule has 0 unspecified atom stereocenters. The zero-order valence-electron chi connectivity index (χ0n) is 9.38. The van der Waals surface area contributed by atoms with Crippen LogP contribution in [0.25, 0.3) is 0 Å². The fourth-order valence-corrected chi connectivity index (χ4v) is 1.83. The molecule has 4 nitrogen and oxygen atoms in total. The van der Waals surface area contributed by atoms with E-state index >= 15 is 0 Å². The van der Waals surface area contributed by atoms with Crippen molar-refractivity contribution in [2.24, 2.45) is 5.10 Å². The second kappa shape index (κ2) is 6.25. The summed E-state index contributed by atoms with van der Waals surface area (Å²) in [6, 6.07) is 11.2. The monoisotopic (exact) mass is 351 g/mol. The van der Waals surface area contributed by atoms with E-state index in [1.54, 1.807) is 24.5 Å². The predicted molar refractivity (Wildman–Crippen MR) is 78.5 cm³/mol. The molecular formula is C13H10IN3O. The molecule has 1 aromatic heterocycles. The van der Waals surface area contributed by atoms with E-state index in [0.29, 0.717) is 5.56 Å². The molecule has 0 spiro atoms. The number of amides is 1. The number of nitrogens with one attached hydrogen (secondary N) is 1. The van der Waals surface area contributed by atoms with Crippen LogP contribution in [0.1, 0.15) is 15.9 Å². The lowest BCUT2D eigenvalue weighted by Gasteiger charge is -1.99. The molecule has 1 heterocycles. The minimum Gasteiger partial charge on any atom is -0.267 e. The minimum atomic E-state index is -0.273. The molecule has 0 radical (unpaired) electrons. The van der Waals surface area contributed by atoms with Gasteiger partial charge in [0.2, 0.25) is 0 Å². The SMILES string of the molecule is O=C(NN=Cc1ccccc1I)c1cccnc1. The summed E-state index contributed by atoms with van der Waals surface area (Å²) in [6.07, 6.45) is 4.74. The van der Waals surface area contributed by atoms with Gasteiger partial charge in [0.1, 0.15) is 0 Å². The van der Waals surface area contributed by atoms with Gasteiger partial charge in [-0.05, 0) is 40.8 Å². The second-order valence-corrected chi connectivity index (χ2v) is 4.62. The molecule has 0 bridgehead atoms. The highest BCUT2D eigenvalue weighted by molar-refractivity contribution is 14.1.